The fourth-order valence-corrected chi connectivity index (χ4v) is 1.59. The van der Waals surface area contributed by atoms with E-state index in [0.717, 1.165) is 10.9 Å². The third-order valence-electron chi connectivity index (χ3n) is 2.40. The van der Waals surface area contributed by atoms with Gasteiger partial charge in [0, 0.05) is 52.8 Å². The zero-order valence-corrected chi connectivity index (χ0v) is 12.4. The summed E-state index contributed by atoms with van der Waals surface area (Å²) in [5, 5.41) is 11.4. The fourth-order valence-electron chi connectivity index (χ4n) is 1.59. The van der Waals surface area contributed by atoms with Gasteiger partial charge in [0.2, 0.25) is 0 Å². The van der Waals surface area contributed by atoms with Crippen molar-refractivity contribution in [2.24, 2.45) is 0 Å². The minimum atomic E-state index is -1.58. The van der Waals surface area contributed by atoms with Gasteiger partial charge in [-0.15, -0.1) is 0 Å². The van der Waals surface area contributed by atoms with Gasteiger partial charge in [-0.2, -0.15) is 0 Å². The Kier molecular flexibility index (Phi) is 4.88. The molecule has 0 fully saturated rings. The topological polar surface area (TPSA) is 96.6 Å². The molecule has 19 heavy (non-hydrogen) atoms. The Labute approximate surface area is 129 Å². The second-order valence-electron chi connectivity index (χ2n) is 3.72. The maximum Gasteiger partial charge on any atom is 0.394 e. The minimum Gasteiger partial charge on any atom is -0.474 e. The molecule has 0 aliphatic heterocycles. The number of hydrogen-bond donors (Lipinski definition) is 2. The van der Waals surface area contributed by atoms with Crippen LogP contribution in [0.4, 0.5) is 5.69 Å². The largest absolute Gasteiger partial charge is 0.474 e. The molecule has 93 valence electrons. The number of aryl methyl sites for hydroxylation is 1. The first kappa shape index (κ1) is 15.4. The standard InChI is InChI=1S/C12H9NO5.Na/c1-6-4-10(14)18-9-5-7(2-3-8(6)9)13-11(15)12(16)17;/h2-5H,1H3,(H,13,15)(H,16,17);. The van der Waals surface area contributed by atoms with Gasteiger partial charge in [0.15, 0.2) is 0 Å². The van der Waals surface area contributed by atoms with Crippen LogP contribution in [0.1, 0.15) is 5.56 Å². The van der Waals surface area contributed by atoms with Crippen molar-refractivity contribution >= 4 is 58.1 Å². The number of anilines is 1. The number of rotatable bonds is 1. The van der Waals surface area contributed by atoms with Crippen LogP contribution in [0.5, 0.6) is 0 Å². The molecule has 6 nitrogen and oxygen atoms in total. The van der Waals surface area contributed by atoms with Crippen molar-refractivity contribution in [1.29, 1.82) is 0 Å². The molecule has 0 saturated carbocycles. The summed E-state index contributed by atoms with van der Waals surface area (Å²) < 4.78 is 4.97. The van der Waals surface area contributed by atoms with Gasteiger partial charge < -0.3 is 14.8 Å². The first-order valence-corrected chi connectivity index (χ1v) is 5.06. The zero-order valence-electron chi connectivity index (χ0n) is 10.4. The summed E-state index contributed by atoms with van der Waals surface area (Å²) in [6.45, 7) is 1.76. The number of nitrogens with one attached hydrogen (secondary N) is 1. The van der Waals surface area contributed by atoms with Crippen molar-refractivity contribution in [2.75, 3.05) is 5.32 Å². The van der Waals surface area contributed by atoms with Crippen molar-refractivity contribution in [3.8, 4) is 0 Å². The molecule has 0 spiro atoms. The number of fused-ring (bicyclic) bond motifs is 1. The number of carboxylic acids is 1. The smallest absolute Gasteiger partial charge is 0.394 e. The van der Waals surface area contributed by atoms with E-state index in [2.05, 4.69) is 5.32 Å². The number of aliphatic carboxylic acids is 1. The predicted molar refractivity (Wildman–Crippen MR) is 69.2 cm³/mol. The molecular weight excluding hydrogens is 261 g/mol. The van der Waals surface area contributed by atoms with Crippen molar-refractivity contribution in [3.63, 3.8) is 0 Å². The number of benzene rings is 1. The Morgan fingerprint density at radius 3 is 2.58 bits per heavy atom. The second kappa shape index (κ2) is 6.01. The van der Waals surface area contributed by atoms with Gasteiger partial charge in [-0.1, -0.05) is 0 Å². The molecule has 1 heterocycles. The summed E-state index contributed by atoms with van der Waals surface area (Å²) >= 11 is 0. The van der Waals surface area contributed by atoms with E-state index in [-0.39, 0.29) is 35.2 Å². The monoisotopic (exact) mass is 270 g/mol. The molecular formula is C12H9NNaO5. The molecule has 0 aliphatic carbocycles. The molecule has 0 aliphatic rings. The van der Waals surface area contributed by atoms with Crippen LogP contribution in [0.2, 0.25) is 0 Å². The van der Waals surface area contributed by atoms with Crippen molar-refractivity contribution in [2.45, 2.75) is 6.92 Å². The van der Waals surface area contributed by atoms with Gasteiger partial charge in [0.25, 0.3) is 0 Å². The Morgan fingerprint density at radius 2 is 1.95 bits per heavy atom. The van der Waals surface area contributed by atoms with Gasteiger partial charge in [-0.3, -0.25) is 4.79 Å². The van der Waals surface area contributed by atoms with Crippen molar-refractivity contribution in [1.82, 2.24) is 0 Å². The van der Waals surface area contributed by atoms with E-state index in [9.17, 15) is 14.4 Å². The van der Waals surface area contributed by atoms with Gasteiger partial charge in [0.1, 0.15) is 5.58 Å². The molecule has 1 aromatic carbocycles. The normalized spacial score (nSPS) is 9.74. The molecule has 0 unspecified atom stereocenters. The van der Waals surface area contributed by atoms with Gasteiger partial charge in [-0.25, -0.2) is 9.59 Å². The number of amides is 1. The van der Waals surface area contributed by atoms with Crippen molar-refractivity contribution < 1.29 is 19.1 Å². The van der Waals surface area contributed by atoms with Crippen LogP contribution in [0.25, 0.3) is 11.0 Å². The van der Waals surface area contributed by atoms with E-state index in [1.807, 2.05) is 0 Å². The molecule has 7 heteroatoms. The molecule has 1 radical (unpaired) electrons. The zero-order chi connectivity index (χ0) is 13.3. The van der Waals surface area contributed by atoms with E-state index in [1.54, 1.807) is 13.0 Å². The first-order chi connectivity index (χ1) is 8.47. The quantitative estimate of drug-likeness (QED) is 0.452. The SMILES string of the molecule is Cc1cc(=O)oc2cc(NC(=O)C(=O)O)ccc12.[Na]. The van der Waals surface area contributed by atoms with E-state index in [4.69, 9.17) is 9.52 Å². The summed E-state index contributed by atoms with van der Waals surface area (Å²) in [5.74, 6) is -2.73. The Morgan fingerprint density at radius 1 is 1.26 bits per heavy atom. The maximum absolute atomic E-state index is 11.2. The molecule has 1 amide bonds. The Hall–Kier alpha value is -1.63. The van der Waals surface area contributed by atoms with Crippen LogP contribution in [-0.2, 0) is 9.59 Å². The predicted octanol–water partition coefficient (Wildman–Crippen LogP) is 0.744. The number of carboxylic acid groups (broad SMARTS) is 1. The van der Waals surface area contributed by atoms with Gasteiger partial charge >= 0.3 is 17.5 Å². The van der Waals surface area contributed by atoms with E-state index in [0.29, 0.717) is 5.58 Å². The van der Waals surface area contributed by atoms with Crippen LogP contribution in [-0.4, -0.2) is 46.5 Å². The maximum atomic E-state index is 11.2. The molecule has 0 saturated heterocycles. The molecule has 2 N–H and O–H groups in total. The minimum absolute atomic E-state index is 0. The molecule has 1 aromatic heterocycles. The van der Waals surface area contributed by atoms with E-state index < -0.39 is 17.5 Å². The average molecular weight is 270 g/mol. The summed E-state index contributed by atoms with van der Waals surface area (Å²) in [5.41, 5.74) is 0.797. The second-order valence-corrected chi connectivity index (χ2v) is 3.72. The number of carbonyl (C=O) groups excluding carboxylic acids is 1. The summed E-state index contributed by atoms with van der Waals surface area (Å²) in [6.07, 6.45) is 0. The fraction of sp³-hybridized carbons (Fsp3) is 0.0833. The van der Waals surface area contributed by atoms with Crippen molar-refractivity contribution in [3.05, 3.63) is 40.2 Å². The first-order valence-electron chi connectivity index (χ1n) is 5.06. The van der Waals surface area contributed by atoms with Crippen LogP contribution in [0.15, 0.2) is 33.5 Å². The molecule has 0 atom stereocenters. The van der Waals surface area contributed by atoms with E-state index in [1.165, 1.54) is 18.2 Å². The molecule has 2 aromatic rings. The van der Waals surface area contributed by atoms with Gasteiger partial charge in [-0.05, 0) is 24.6 Å². The van der Waals surface area contributed by atoms with Gasteiger partial charge in [0.05, 0.1) is 0 Å². The third kappa shape index (κ3) is 3.44. The van der Waals surface area contributed by atoms with Crippen LogP contribution in [0, 0.1) is 6.92 Å². The third-order valence-corrected chi connectivity index (χ3v) is 2.40. The average Bonchev–Trinajstić information content (AvgIpc) is 2.27. The van der Waals surface area contributed by atoms with Crippen LogP contribution in [0.3, 0.4) is 0 Å². The van der Waals surface area contributed by atoms with Crippen LogP contribution >= 0.6 is 0 Å². The Balaban J connectivity index is 0.00000180. The Bertz CT molecular complexity index is 707. The number of carbonyl (C=O) groups is 2. The summed E-state index contributed by atoms with van der Waals surface area (Å²) in [6, 6.07) is 5.95. The van der Waals surface area contributed by atoms with Crippen LogP contribution < -0.4 is 10.9 Å². The summed E-state index contributed by atoms with van der Waals surface area (Å²) in [4.78, 5) is 32.6. The molecule has 0 bridgehead atoms. The van der Waals surface area contributed by atoms with E-state index >= 15 is 0 Å². The molecule has 2 rings (SSSR count). The number of hydrogen-bond acceptors (Lipinski definition) is 4. The summed E-state index contributed by atoms with van der Waals surface area (Å²) in [7, 11) is 0.